The first kappa shape index (κ1) is 19.0. The number of benzene rings is 2. The van der Waals surface area contributed by atoms with Crippen LogP contribution in [0.2, 0.25) is 0 Å². The normalized spacial score (nSPS) is 16.7. The van der Waals surface area contributed by atoms with Gasteiger partial charge in [0, 0.05) is 23.7 Å². The number of hydrogen-bond donors (Lipinski definition) is 0. The summed E-state index contributed by atoms with van der Waals surface area (Å²) < 4.78 is 15.6. The first-order chi connectivity index (χ1) is 14.7. The maximum atomic E-state index is 13.4. The van der Waals surface area contributed by atoms with Crippen LogP contribution in [0.1, 0.15) is 43.1 Å². The zero-order valence-electron chi connectivity index (χ0n) is 17.2. The smallest absolute Gasteiger partial charge is 0.123 e. The Bertz CT molecular complexity index is 1130. The number of imidazole rings is 1. The van der Waals surface area contributed by atoms with Crippen LogP contribution in [0.3, 0.4) is 0 Å². The summed E-state index contributed by atoms with van der Waals surface area (Å²) in [5, 5.41) is 0. The molecule has 1 fully saturated rings. The molecule has 1 atom stereocenters. The number of halogens is 1. The van der Waals surface area contributed by atoms with Gasteiger partial charge in [0.25, 0.3) is 0 Å². The van der Waals surface area contributed by atoms with Crippen molar-refractivity contribution in [1.82, 2.24) is 14.3 Å². The number of piperidine rings is 1. The number of hydrogen-bond acceptors (Lipinski definition) is 2. The first-order valence-electron chi connectivity index (χ1n) is 10.7. The second-order valence-corrected chi connectivity index (χ2v) is 8.18. The Morgan fingerprint density at radius 3 is 2.33 bits per heavy atom. The summed E-state index contributed by atoms with van der Waals surface area (Å²) in [7, 11) is 0. The number of rotatable bonds is 4. The second-order valence-electron chi connectivity index (χ2n) is 8.18. The Morgan fingerprint density at radius 1 is 0.900 bits per heavy atom. The van der Waals surface area contributed by atoms with Gasteiger partial charge in [0.15, 0.2) is 0 Å². The second kappa shape index (κ2) is 8.04. The minimum Gasteiger partial charge on any atom is -0.303 e. The fourth-order valence-electron chi connectivity index (χ4n) is 4.66. The van der Waals surface area contributed by atoms with E-state index in [0.29, 0.717) is 12.0 Å². The van der Waals surface area contributed by atoms with Crippen LogP contribution in [0.5, 0.6) is 0 Å². The van der Waals surface area contributed by atoms with Crippen LogP contribution in [0.4, 0.5) is 4.39 Å². The Morgan fingerprint density at radius 2 is 1.60 bits per heavy atom. The zero-order chi connectivity index (χ0) is 20.5. The Labute approximate surface area is 176 Å². The van der Waals surface area contributed by atoms with E-state index in [9.17, 15) is 4.39 Å². The molecule has 5 rings (SSSR count). The summed E-state index contributed by atoms with van der Waals surface area (Å²) in [6.07, 6.45) is 4.28. The summed E-state index contributed by atoms with van der Waals surface area (Å²) in [5.74, 6) is 1.33. The maximum absolute atomic E-state index is 13.4. The van der Waals surface area contributed by atoms with Gasteiger partial charge in [-0.05, 0) is 74.8 Å². The lowest BCUT2D eigenvalue weighted by molar-refractivity contribution is 0.160. The van der Waals surface area contributed by atoms with E-state index in [-0.39, 0.29) is 5.82 Å². The highest BCUT2D eigenvalue weighted by atomic mass is 19.1. The molecule has 0 N–H and O–H groups in total. The SMILES string of the molecule is CC(c1ccccc1)N1CCC(c2nc(-c3ccc(F)cc3)c3ccccn23)CC1. The fourth-order valence-corrected chi connectivity index (χ4v) is 4.66. The summed E-state index contributed by atoms with van der Waals surface area (Å²) in [6, 6.07) is 24.0. The average Bonchev–Trinajstić information content (AvgIpc) is 3.20. The minimum atomic E-state index is -0.220. The highest BCUT2D eigenvalue weighted by Gasteiger charge is 2.28. The van der Waals surface area contributed by atoms with Crippen molar-refractivity contribution in [2.24, 2.45) is 0 Å². The van der Waals surface area contributed by atoms with Crippen molar-refractivity contribution in [3.8, 4) is 11.3 Å². The summed E-state index contributed by atoms with van der Waals surface area (Å²) >= 11 is 0. The average molecular weight is 400 g/mol. The molecule has 2 aromatic carbocycles. The van der Waals surface area contributed by atoms with Gasteiger partial charge in [0.2, 0.25) is 0 Å². The van der Waals surface area contributed by atoms with Crippen LogP contribution >= 0.6 is 0 Å². The van der Waals surface area contributed by atoms with Crippen LogP contribution < -0.4 is 0 Å². The van der Waals surface area contributed by atoms with E-state index in [0.717, 1.165) is 48.5 Å². The molecule has 3 nitrogen and oxygen atoms in total. The molecule has 2 aromatic heterocycles. The Hall–Kier alpha value is -2.98. The van der Waals surface area contributed by atoms with E-state index >= 15 is 0 Å². The van der Waals surface area contributed by atoms with Gasteiger partial charge in [-0.2, -0.15) is 0 Å². The molecule has 1 saturated heterocycles. The molecule has 0 aliphatic carbocycles. The van der Waals surface area contributed by atoms with E-state index < -0.39 is 0 Å². The number of likely N-dealkylation sites (tertiary alicyclic amines) is 1. The Balaban J connectivity index is 1.40. The molecule has 30 heavy (non-hydrogen) atoms. The predicted molar refractivity (Wildman–Crippen MR) is 119 cm³/mol. The van der Waals surface area contributed by atoms with Gasteiger partial charge in [-0.1, -0.05) is 36.4 Å². The molecule has 3 heterocycles. The third-order valence-corrected chi connectivity index (χ3v) is 6.42. The highest BCUT2D eigenvalue weighted by molar-refractivity contribution is 5.77. The number of fused-ring (bicyclic) bond motifs is 1. The third-order valence-electron chi connectivity index (χ3n) is 6.42. The van der Waals surface area contributed by atoms with Crippen LogP contribution in [-0.2, 0) is 0 Å². The van der Waals surface area contributed by atoms with Gasteiger partial charge in [-0.15, -0.1) is 0 Å². The maximum Gasteiger partial charge on any atom is 0.123 e. The topological polar surface area (TPSA) is 20.5 Å². The number of aromatic nitrogens is 2. The van der Waals surface area contributed by atoms with Crippen molar-refractivity contribution >= 4 is 5.52 Å². The van der Waals surface area contributed by atoms with E-state index in [4.69, 9.17) is 4.98 Å². The van der Waals surface area contributed by atoms with Crippen LogP contribution in [0.15, 0.2) is 79.0 Å². The standard InChI is InChI=1S/C26H26FN3/c1-19(20-7-3-2-4-8-20)29-17-14-22(15-18-29)26-28-25(21-10-12-23(27)13-11-21)24-9-5-6-16-30(24)26/h2-13,16,19,22H,14-15,17-18H2,1H3. The number of pyridine rings is 1. The molecular weight excluding hydrogens is 373 g/mol. The predicted octanol–water partition coefficient (Wildman–Crippen LogP) is 6.08. The molecule has 4 heteroatoms. The lowest BCUT2D eigenvalue weighted by atomic mass is 9.94. The van der Waals surface area contributed by atoms with Gasteiger partial charge in [0.1, 0.15) is 11.6 Å². The fraction of sp³-hybridized carbons (Fsp3) is 0.269. The molecule has 0 amide bonds. The summed E-state index contributed by atoms with van der Waals surface area (Å²) in [6.45, 7) is 4.43. The van der Waals surface area contributed by atoms with Crippen LogP contribution in [0.25, 0.3) is 16.8 Å². The van der Waals surface area contributed by atoms with E-state index in [1.165, 1.54) is 17.7 Å². The molecule has 1 aliphatic heterocycles. The molecule has 0 saturated carbocycles. The Kier molecular flexibility index (Phi) is 5.09. The molecule has 1 aliphatic rings. The third kappa shape index (κ3) is 3.52. The minimum absolute atomic E-state index is 0.220. The van der Waals surface area contributed by atoms with Gasteiger partial charge in [-0.25, -0.2) is 9.37 Å². The summed E-state index contributed by atoms with van der Waals surface area (Å²) in [4.78, 5) is 7.63. The van der Waals surface area contributed by atoms with Crippen molar-refractivity contribution in [2.45, 2.75) is 31.7 Å². The van der Waals surface area contributed by atoms with Crippen molar-refractivity contribution < 1.29 is 4.39 Å². The van der Waals surface area contributed by atoms with E-state index in [2.05, 4.69) is 64.9 Å². The molecule has 0 bridgehead atoms. The molecule has 1 unspecified atom stereocenters. The van der Waals surface area contributed by atoms with Gasteiger partial charge < -0.3 is 4.40 Å². The molecule has 152 valence electrons. The van der Waals surface area contributed by atoms with Crippen molar-refractivity contribution in [3.05, 3.63) is 96.2 Å². The lowest BCUT2D eigenvalue weighted by Gasteiger charge is -2.35. The monoisotopic (exact) mass is 399 g/mol. The first-order valence-corrected chi connectivity index (χ1v) is 10.7. The molecule has 4 aromatic rings. The quantitative estimate of drug-likeness (QED) is 0.414. The molecule has 0 radical (unpaired) electrons. The lowest BCUT2D eigenvalue weighted by Crippen LogP contribution is -2.35. The van der Waals surface area contributed by atoms with Gasteiger partial charge in [-0.3, -0.25) is 4.90 Å². The van der Waals surface area contributed by atoms with E-state index in [1.807, 2.05) is 18.2 Å². The van der Waals surface area contributed by atoms with Crippen LogP contribution in [0, 0.1) is 5.82 Å². The summed E-state index contributed by atoms with van der Waals surface area (Å²) in [5.41, 5.74) is 4.35. The molecular formula is C26H26FN3. The van der Waals surface area contributed by atoms with Gasteiger partial charge >= 0.3 is 0 Å². The van der Waals surface area contributed by atoms with Crippen molar-refractivity contribution in [3.63, 3.8) is 0 Å². The van der Waals surface area contributed by atoms with Gasteiger partial charge in [0.05, 0.1) is 11.2 Å². The van der Waals surface area contributed by atoms with Crippen LogP contribution in [-0.4, -0.2) is 27.4 Å². The van der Waals surface area contributed by atoms with Crippen molar-refractivity contribution in [1.29, 1.82) is 0 Å². The largest absolute Gasteiger partial charge is 0.303 e. The highest BCUT2D eigenvalue weighted by Crippen LogP contribution is 2.35. The zero-order valence-corrected chi connectivity index (χ0v) is 17.2. The number of nitrogens with zero attached hydrogens (tertiary/aromatic N) is 3. The van der Waals surface area contributed by atoms with E-state index in [1.54, 1.807) is 0 Å². The molecule has 0 spiro atoms. The van der Waals surface area contributed by atoms with Crippen molar-refractivity contribution in [2.75, 3.05) is 13.1 Å².